The summed E-state index contributed by atoms with van der Waals surface area (Å²) in [6, 6.07) is 1.38. The molecule has 6 heteroatoms. The van der Waals surface area contributed by atoms with Gasteiger partial charge < -0.3 is 15.6 Å². The van der Waals surface area contributed by atoms with Crippen LogP contribution in [0.4, 0.5) is 0 Å². The minimum atomic E-state index is -0.229. The number of carbonyl (C=O) groups excluding carboxylic acids is 1. The van der Waals surface area contributed by atoms with Gasteiger partial charge in [0.05, 0.1) is 0 Å². The lowest BCUT2D eigenvalue weighted by atomic mass is 10.1. The van der Waals surface area contributed by atoms with Gasteiger partial charge in [-0.25, -0.2) is 0 Å². The third kappa shape index (κ3) is 3.46. The number of hydrogen-bond donors (Lipinski definition) is 2. The van der Waals surface area contributed by atoms with Crippen LogP contribution in [0.5, 0.6) is 0 Å². The summed E-state index contributed by atoms with van der Waals surface area (Å²) >= 11 is 0. The Morgan fingerprint density at radius 2 is 2.10 bits per heavy atom. The van der Waals surface area contributed by atoms with Gasteiger partial charge in [0, 0.05) is 51.2 Å². The molecule has 0 saturated carbocycles. The first-order chi connectivity index (χ1) is 9.61. The first kappa shape index (κ1) is 14.7. The standard InChI is InChI=1S/C14H22N4O2/c1-11(8-15)10-17-4-6-18(7-5-17)14(20)12-9-16-3-2-13(12)19/h2-3,9,11H,4-8,10,15H2,1H3,(H,16,19). The Labute approximate surface area is 118 Å². The average Bonchev–Trinajstić information content (AvgIpc) is 2.47. The third-order valence-electron chi connectivity index (χ3n) is 3.69. The largest absolute Gasteiger partial charge is 0.367 e. The molecule has 1 saturated heterocycles. The lowest BCUT2D eigenvalue weighted by Gasteiger charge is -2.35. The van der Waals surface area contributed by atoms with Crippen LogP contribution >= 0.6 is 0 Å². The van der Waals surface area contributed by atoms with Crippen LogP contribution in [-0.2, 0) is 0 Å². The Morgan fingerprint density at radius 1 is 1.40 bits per heavy atom. The number of aromatic amines is 1. The summed E-state index contributed by atoms with van der Waals surface area (Å²) in [4.78, 5) is 30.8. The number of hydrogen-bond acceptors (Lipinski definition) is 4. The molecule has 0 spiro atoms. The molecule has 0 radical (unpaired) electrons. The first-order valence-electron chi connectivity index (χ1n) is 7.00. The zero-order chi connectivity index (χ0) is 14.5. The van der Waals surface area contributed by atoms with Gasteiger partial charge >= 0.3 is 0 Å². The highest BCUT2D eigenvalue weighted by molar-refractivity contribution is 5.93. The van der Waals surface area contributed by atoms with Crippen molar-refractivity contribution in [1.82, 2.24) is 14.8 Å². The molecule has 1 amide bonds. The molecule has 1 aromatic heterocycles. The van der Waals surface area contributed by atoms with Crippen LogP contribution in [0.1, 0.15) is 17.3 Å². The molecule has 3 N–H and O–H groups in total. The SMILES string of the molecule is CC(CN)CN1CCN(C(=O)c2c[nH]ccc2=O)CC1. The number of nitrogens with zero attached hydrogens (tertiary/aromatic N) is 2. The Kier molecular flexibility index (Phi) is 4.92. The number of rotatable bonds is 4. The zero-order valence-corrected chi connectivity index (χ0v) is 11.8. The molecule has 1 atom stereocenters. The van der Waals surface area contributed by atoms with Crippen LogP contribution < -0.4 is 11.2 Å². The van der Waals surface area contributed by atoms with Gasteiger partial charge in [0.2, 0.25) is 0 Å². The van der Waals surface area contributed by atoms with E-state index in [1.165, 1.54) is 18.5 Å². The lowest BCUT2D eigenvalue weighted by Crippen LogP contribution is -2.50. The van der Waals surface area contributed by atoms with Gasteiger partial charge in [0.25, 0.3) is 5.91 Å². The van der Waals surface area contributed by atoms with Crippen molar-refractivity contribution < 1.29 is 4.79 Å². The van der Waals surface area contributed by atoms with Gasteiger partial charge in [-0.15, -0.1) is 0 Å². The molecule has 1 aliphatic rings. The maximum atomic E-state index is 12.3. The minimum absolute atomic E-state index is 0.182. The Morgan fingerprint density at radius 3 is 2.70 bits per heavy atom. The van der Waals surface area contributed by atoms with Gasteiger partial charge in [-0.05, 0) is 12.5 Å². The van der Waals surface area contributed by atoms with Gasteiger partial charge in [0.15, 0.2) is 5.43 Å². The van der Waals surface area contributed by atoms with Crippen molar-refractivity contribution in [2.45, 2.75) is 6.92 Å². The molecular formula is C14H22N4O2. The monoisotopic (exact) mass is 278 g/mol. The Hall–Kier alpha value is -1.66. The van der Waals surface area contributed by atoms with Crippen LogP contribution in [0.3, 0.4) is 0 Å². The highest BCUT2D eigenvalue weighted by atomic mass is 16.2. The van der Waals surface area contributed by atoms with Crippen molar-refractivity contribution in [1.29, 1.82) is 0 Å². The number of carbonyl (C=O) groups is 1. The molecule has 1 aliphatic heterocycles. The van der Waals surface area contributed by atoms with Gasteiger partial charge in [0.1, 0.15) is 5.56 Å². The predicted molar refractivity (Wildman–Crippen MR) is 77.6 cm³/mol. The average molecular weight is 278 g/mol. The molecule has 1 unspecified atom stereocenters. The molecule has 0 aliphatic carbocycles. The van der Waals surface area contributed by atoms with Crippen LogP contribution in [0.15, 0.2) is 23.3 Å². The van der Waals surface area contributed by atoms with E-state index in [9.17, 15) is 9.59 Å². The second-order valence-electron chi connectivity index (χ2n) is 5.36. The molecular weight excluding hydrogens is 256 g/mol. The summed E-state index contributed by atoms with van der Waals surface area (Å²) in [5.41, 5.74) is 5.62. The maximum Gasteiger partial charge on any atom is 0.259 e. The summed E-state index contributed by atoms with van der Waals surface area (Å²) in [7, 11) is 0. The summed E-state index contributed by atoms with van der Waals surface area (Å²) in [5.74, 6) is 0.285. The van der Waals surface area contributed by atoms with Crippen LogP contribution in [-0.4, -0.2) is 60.0 Å². The first-order valence-corrected chi connectivity index (χ1v) is 7.00. The normalized spacial score (nSPS) is 18.0. The topological polar surface area (TPSA) is 82.4 Å². The number of amides is 1. The molecule has 2 rings (SSSR count). The number of aromatic nitrogens is 1. The van der Waals surface area contributed by atoms with Crippen molar-refractivity contribution in [3.05, 3.63) is 34.2 Å². The van der Waals surface area contributed by atoms with Crippen molar-refractivity contribution in [2.75, 3.05) is 39.3 Å². The fraction of sp³-hybridized carbons (Fsp3) is 0.571. The molecule has 1 aromatic rings. The van der Waals surface area contributed by atoms with E-state index in [0.29, 0.717) is 25.6 Å². The van der Waals surface area contributed by atoms with Crippen LogP contribution in [0.25, 0.3) is 0 Å². The quantitative estimate of drug-likeness (QED) is 0.794. The molecule has 110 valence electrons. The molecule has 1 fully saturated rings. The molecule has 20 heavy (non-hydrogen) atoms. The number of piperazine rings is 1. The van der Waals surface area contributed by atoms with Crippen LogP contribution in [0.2, 0.25) is 0 Å². The molecule has 0 aromatic carbocycles. The Bertz CT molecular complexity index is 506. The van der Waals surface area contributed by atoms with Gasteiger partial charge in [-0.2, -0.15) is 0 Å². The summed E-state index contributed by atoms with van der Waals surface area (Å²) in [6.45, 7) is 6.75. The third-order valence-corrected chi connectivity index (χ3v) is 3.69. The molecule has 6 nitrogen and oxygen atoms in total. The number of pyridine rings is 1. The lowest BCUT2D eigenvalue weighted by molar-refractivity contribution is 0.0620. The van der Waals surface area contributed by atoms with E-state index in [2.05, 4.69) is 16.8 Å². The highest BCUT2D eigenvalue weighted by Crippen LogP contribution is 2.07. The highest BCUT2D eigenvalue weighted by Gasteiger charge is 2.23. The van der Waals surface area contributed by atoms with Crippen molar-refractivity contribution >= 4 is 5.91 Å². The maximum absolute atomic E-state index is 12.3. The van der Waals surface area contributed by atoms with E-state index in [4.69, 9.17) is 5.73 Å². The smallest absolute Gasteiger partial charge is 0.259 e. The van der Waals surface area contributed by atoms with E-state index in [0.717, 1.165) is 19.6 Å². The van der Waals surface area contributed by atoms with Crippen molar-refractivity contribution in [3.63, 3.8) is 0 Å². The fourth-order valence-corrected chi connectivity index (χ4v) is 2.40. The summed E-state index contributed by atoms with van der Waals surface area (Å²) in [6.07, 6.45) is 3.01. The Balaban J connectivity index is 1.92. The summed E-state index contributed by atoms with van der Waals surface area (Å²) in [5, 5.41) is 0. The fourth-order valence-electron chi connectivity index (χ4n) is 2.40. The van der Waals surface area contributed by atoms with E-state index in [-0.39, 0.29) is 16.9 Å². The second-order valence-corrected chi connectivity index (χ2v) is 5.36. The number of nitrogens with two attached hydrogens (primary N) is 1. The summed E-state index contributed by atoms with van der Waals surface area (Å²) < 4.78 is 0. The van der Waals surface area contributed by atoms with E-state index in [1.807, 2.05) is 0 Å². The van der Waals surface area contributed by atoms with E-state index < -0.39 is 0 Å². The second kappa shape index (κ2) is 6.67. The van der Waals surface area contributed by atoms with Crippen LogP contribution in [0, 0.1) is 5.92 Å². The van der Waals surface area contributed by atoms with Crippen molar-refractivity contribution in [2.24, 2.45) is 11.7 Å². The zero-order valence-electron chi connectivity index (χ0n) is 11.8. The number of H-pyrrole nitrogens is 1. The van der Waals surface area contributed by atoms with Gasteiger partial charge in [-0.1, -0.05) is 6.92 Å². The van der Waals surface area contributed by atoms with Crippen molar-refractivity contribution in [3.8, 4) is 0 Å². The number of nitrogens with one attached hydrogen (secondary N) is 1. The van der Waals surface area contributed by atoms with E-state index in [1.54, 1.807) is 4.90 Å². The molecule has 0 bridgehead atoms. The molecule has 2 heterocycles. The predicted octanol–water partition coefficient (Wildman–Crippen LogP) is -0.272. The van der Waals surface area contributed by atoms with Gasteiger partial charge in [-0.3, -0.25) is 14.5 Å². The van der Waals surface area contributed by atoms with E-state index >= 15 is 0 Å². The minimum Gasteiger partial charge on any atom is -0.367 e.